The number of methoxy groups -OCH3 is 1. The van der Waals surface area contributed by atoms with E-state index in [1.165, 1.54) is 7.11 Å². The summed E-state index contributed by atoms with van der Waals surface area (Å²) in [5.74, 6) is -2.03. The van der Waals surface area contributed by atoms with Crippen LogP contribution in [0.4, 0.5) is 0 Å². The number of rotatable bonds is 3. The zero-order valence-electron chi connectivity index (χ0n) is 10.3. The summed E-state index contributed by atoms with van der Waals surface area (Å²) in [6.07, 6.45) is -0.0986. The highest BCUT2D eigenvalue weighted by Gasteiger charge is 2.45. The molecule has 2 atom stereocenters. The van der Waals surface area contributed by atoms with Crippen LogP contribution in [0.15, 0.2) is 0 Å². The summed E-state index contributed by atoms with van der Waals surface area (Å²) in [4.78, 5) is 11.6. The standard InChI is InChI=1S/C11H20O5/c1-10(2,3)16-9(12)7-11(13)8(14-4)5-6-15-11/h8,13H,5-7H2,1-4H3. The van der Waals surface area contributed by atoms with E-state index >= 15 is 0 Å². The van der Waals surface area contributed by atoms with Crippen molar-refractivity contribution in [2.75, 3.05) is 13.7 Å². The van der Waals surface area contributed by atoms with E-state index < -0.39 is 23.5 Å². The molecule has 0 spiro atoms. The number of hydrogen-bond donors (Lipinski definition) is 1. The summed E-state index contributed by atoms with van der Waals surface area (Å²) in [5.41, 5.74) is -0.561. The third kappa shape index (κ3) is 3.43. The molecule has 0 radical (unpaired) electrons. The monoisotopic (exact) mass is 232 g/mol. The van der Waals surface area contributed by atoms with E-state index in [-0.39, 0.29) is 6.42 Å². The van der Waals surface area contributed by atoms with Gasteiger partial charge in [0.1, 0.15) is 18.1 Å². The van der Waals surface area contributed by atoms with E-state index in [2.05, 4.69) is 0 Å². The van der Waals surface area contributed by atoms with Crippen molar-refractivity contribution in [1.82, 2.24) is 0 Å². The van der Waals surface area contributed by atoms with E-state index in [0.717, 1.165) is 0 Å². The lowest BCUT2D eigenvalue weighted by atomic mass is 10.1. The van der Waals surface area contributed by atoms with E-state index in [1.54, 1.807) is 20.8 Å². The van der Waals surface area contributed by atoms with Gasteiger partial charge in [0, 0.05) is 13.5 Å². The van der Waals surface area contributed by atoms with Crippen LogP contribution in [0.1, 0.15) is 33.6 Å². The maximum absolute atomic E-state index is 11.6. The molecular weight excluding hydrogens is 212 g/mol. The second-order valence-electron chi connectivity index (χ2n) is 4.97. The van der Waals surface area contributed by atoms with Gasteiger partial charge in [-0.25, -0.2) is 0 Å². The van der Waals surface area contributed by atoms with Crippen LogP contribution >= 0.6 is 0 Å². The van der Waals surface area contributed by atoms with Gasteiger partial charge in [0.25, 0.3) is 0 Å². The Hall–Kier alpha value is -0.650. The van der Waals surface area contributed by atoms with E-state index in [4.69, 9.17) is 14.2 Å². The molecule has 0 aromatic carbocycles. The van der Waals surface area contributed by atoms with Gasteiger partial charge in [-0.05, 0) is 20.8 Å². The Morgan fingerprint density at radius 1 is 1.56 bits per heavy atom. The fourth-order valence-corrected chi connectivity index (χ4v) is 1.71. The van der Waals surface area contributed by atoms with Crippen molar-refractivity contribution in [2.24, 2.45) is 0 Å². The molecule has 0 amide bonds. The Balaban J connectivity index is 2.55. The molecule has 0 aromatic rings. The van der Waals surface area contributed by atoms with Gasteiger partial charge in [0.05, 0.1) is 6.61 Å². The summed E-state index contributed by atoms with van der Waals surface area (Å²) in [5, 5.41) is 10.1. The Bertz CT molecular complexity index is 258. The average molecular weight is 232 g/mol. The van der Waals surface area contributed by atoms with Gasteiger partial charge in [0.2, 0.25) is 5.79 Å². The minimum absolute atomic E-state index is 0.206. The first-order chi connectivity index (χ1) is 7.27. The van der Waals surface area contributed by atoms with Crippen molar-refractivity contribution in [2.45, 2.75) is 51.1 Å². The molecule has 2 unspecified atom stereocenters. The highest BCUT2D eigenvalue weighted by atomic mass is 16.7. The number of carbonyl (C=O) groups excluding carboxylic acids is 1. The van der Waals surface area contributed by atoms with Gasteiger partial charge >= 0.3 is 5.97 Å². The summed E-state index contributed by atoms with van der Waals surface area (Å²) >= 11 is 0. The molecule has 94 valence electrons. The maximum atomic E-state index is 11.6. The van der Waals surface area contributed by atoms with Crippen LogP contribution in [0.5, 0.6) is 0 Å². The van der Waals surface area contributed by atoms with Crippen LogP contribution in [0.25, 0.3) is 0 Å². The molecule has 1 rings (SSSR count). The fourth-order valence-electron chi connectivity index (χ4n) is 1.71. The molecule has 0 aliphatic carbocycles. The zero-order chi connectivity index (χ0) is 12.4. The molecule has 0 aromatic heterocycles. The fraction of sp³-hybridized carbons (Fsp3) is 0.909. The summed E-state index contributed by atoms with van der Waals surface area (Å²) in [6.45, 7) is 5.71. The minimum atomic E-state index is -1.54. The third-order valence-corrected chi connectivity index (χ3v) is 2.34. The molecule has 1 aliphatic heterocycles. The van der Waals surface area contributed by atoms with Gasteiger partial charge in [0.15, 0.2) is 0 Å². The second kappa shape index (κ2) is 4.69. The first-order valence-electron chi connectivity index (χ1n) is 5.38. The number of aliphatic hydroxyl groups is 1. The highest BCUT2D eigenvalue weighted by Crippen LogP contribution is 2.29. The van der Waals surface area contributed by atoms with Gasteiger partial charge in [-0.3, -0.25) is 4.79 Å². The molecule has 5 nitrogen and oxygen atoms in total. The normalized spacial score (nSPS) is 30.4. The zero-order valence-corrected chi connectivity index (χ0v) is 10.3. The van der Waals surface area contributed by atoms with E-state index in [1.807, 2.05) is 0 Å². The number of hydrogen-bond acceptors (Lipinski definition) is 5. The van der Waals surface area contributed by atoms with Crippen molar-refractivity contribution < 1.29 is 24.1 Å². The predicted molar refractivity (Wildman–Crippen MR) is 56.8 cm³/mol. The Labute approximate surface area is 95.7 Å². The Morgan fingerprint density at radius 2 is 2.19 bits per heavy atom. The topological polar surface area (TPSA) is 65.0 Å². The van der Waals surface area contributed by atoms with Crippen LogP contribution in [0.3, 0.4) is 0 Å². The van der Waals surface area contributed by atoms with Crippen LogP contribution < -0.4 is 0 Å². The number of esters is 1. The van der Waals surface area contributed by atoms with Crippen LogP contribution in [0, 0.1) is 0 Å². The molecule has 1 aliphatic rings. The molecule has 0 bridgehead atoms. The molecule has 16 heavy (non-hydrogen) atoms. The van der Waals surface area contributed by atoms with Gasteiger partial charge in [-0.2, -0.15) is 0 Å². The quantitative estimate of drug-likeness (QED) is 0.730. The first kappa shape index (κ1) is 13.4. The Morgan fingerprint density at radius 3 is 2.69 bits per heavy atom. The van der Waals surface area contributed by atoms with E-state index in [0.29, 0.717) is 13.0 Å². The number of carbonyl (C=O) groups is 1. The Kier molecular flexibility index (Phi) is 3.93. The summed E-state index contributed by atoms with van der Waals surface area (Å²) < 4.78 is 15.4. The first-order valence-corrected chi connectivity index (χ1v) is 5.38. The lowest BCUT2D eigenvalue weighted by Crippen LogP contribution is -2.43. The van der Waals surface area contributed by atoms with Crippen LogP contribution in [-0.2, 0) is 19.0 Å². The molecule has 1 heterocycles. The molecule has 5 heteroatoms. The predicted octanol–water partition coefficient (Wildman–Crippen LogP) is 0.842. The van der Waals surface area contributed by atoms with Crippen molar-refractivity contribution >= 4 is 5.97 Å². The van der Waals surface area contributed by atoms with Crippen LogP contribution in [-0.4, -0.2) is 42.3 Å². The largest absolute Gasteiger partial charge is 0.460 e. The van der Waals surface area contributed by atoms with Crippen molar-refractivity contribution in [1.29, 1.82) is 0 Å². The molecule has 1 fully saturated rings. The highest BCUT2D eigenvalue weighted by molar-refractivity contribution is 5.71. The SMILES string of the molecule is COC1CCOC1(O)CC(=O)OC(C)(C)C. The van der Waals surface area contributed by atoms with Gasteiger partial charge in [-0.1, -0.05) is 0 Å². The third-order valence-electron chi connectivity index (χ3n) is 2.34. The molecule has 1 saturated heterocycles. The maximum Gasteiger partial charge on any atom is 0.311 e. The average Bonchev–Trinajstić information content (AvgIpc) is 2.42. The van der Waals surface area contributed by atoms with Crippen molar-refractivity contribution in [3.8, 4) is 0 Å². The second-order valence-corrected chi connectivity index (χ2v) is 4.97. The number of ether oxygens (including phenoxy) is 3. The summed E-state index contributed by atoms with van der Waals surface area (Å²) in [7, 11) is 1.49. The van der Waals surface area contributed by atoms with Crippen molar-refractivity contribution in [3.05, 3.63) is 0 Å². The molecule has 0 saturated carbocycles. The smallest absolute Gasteiger partial charge is 0.311 e. The molecular formula is C11H20O5. The van der Waals surface area contributed by atoms with Crippen LogP contribution in [0.2, 0.25) is 0 Å². The summed E-state index contributed by atoms with van der Waals surface area (Å²) in [6, 6.07) is 0. The van der Waals surface area contributed by atoms with Crippen molar-refractivity contribution in [3.63, 3.8) is 0 Å². The lowest BCUT2D eigenvalue weighted by molar-refractivity contribution is -0.229. The minimum Gasteiger partial charge on any atom is -0.460 e. The van der Waals surface area contributed by atoms with Gasteiger partial charge in [-0.15, -0.1) is 0 Å². The van der Waals surface area contributed by atoms with Gasteiger partial charge < -0.3 is 19.3 Å². The lowest BCUT2D eigenvalue weighted by Gasteiger charge is -2.28. The van der Waals surface area contributed by atoms with E-state index in [9.17, 15) is 9.90 Å². The molecule has 1 N–H and O–H groups in total.